The number of carbonyl (C=O) groups is 1. The molecule has 0 radical (unpaired) electrons. The highest BCUT2D eigenvalue weighted by molar-refractivity contribution is 5.91. The fraction of sp³-hybridized carbons (Fsp3) is 0.333. The van der Waals surface area contributed by atoms with Crippen molar-refractivity contribution in [3.63, 3.8) is 0 Å². The van der Waals surface area contributed by atoms with Gasteiger partial charge in [0.25, 0.3) is 5.91 Å². The van der Waals surface area contributed by atoms with E-state index in [1.807, 2.05) is 18.2 Å². The molecule has 0 spiro atoms. The maximum Gasteiger partial charge on any atom is 0.273 e. The minimum Gasteiger partial charge on any atom is -0.447 e. The largest absolute Gasteiger partial charge is 0.447 e. The van der Waals surface area contributed by atoms with Crippen LogP contribution in [0, 0.1) is 13.8 Å². The van der Waals surface area contributed by atoms with Crippen molar-refractivity contribution in [2.45, 2.75) is 33.5 Å². The van der Waals surface area contributed by atoms with Crippen LogP contribution in [0.25, 0.3) is 0 Å². The molecule has 0 bridgehead atoms. The average molecular weight is 408 g/mol. The predicted molar refractivity (Wildman–Crippen MR) is 116 cm³/mol. The third-order valence-corrected chi connectivity index (χ3v) is 4.88. The number of aryl methyl sites for hydroxylation is 2. The Balaban J connectivity index is 1.73. The van der Waals surface area contributed by atoms with Crippen LogP contribution in [0.5, 0.6) is 0 Å². The standard InChI is InChI=1S/C24H29N3O3/c1-18-9-10-21(19(2)13-18)15-27(14-20-7-5-4-6-8-20)16-23-26-22(17-30-23)24(28)25-11-12-29-3/h4-10,13,17H,11-12,14-16H2,1-3H3,(H,25,28). The topological polar surface area (TPSA) is 67.6 Å². The average Bonchev–Trinajstić information content (AvgIpc) is 3.19. The van der Waals surface area contributed by atoms with Gasteiger partial charge in [-0.25, -0.2) is 4.98 Å². The summed E-state index contributed by atoms with van der Waals surface area (Å²) in [5, 5.41) is 2.76. The molecule has 3 aromatic rings. The molecular formula is C24H29N3O3. The number of ether oxygens (including phenoxy) is 1. The highest BCUT2D eigenvalue weighted by Gasteiger charge is 2.16. The molecule has 1 amide bonds. The number of rotatable bonds is 10. The van der Waals surface area contributed by atoms with Gasteiger partial charge in [0.1, 0.15) is 6.26 Å². The molecule has 158 valence electrons. The number of carbonyl (C=O) groups excluding carboxylic acids is 1. The van der Waals surface area contributed by atoms with Crippen molar-refractivity contribution in [2.24, 2.45) is 0 Å². The fourth-order valence-electron chi connectivity index (χ4n) is 3.31. The third-order valence-electron chi connectivity index (χ3n) is 4.88. The van der Waals surface area contributed by atoms with Crippen molar-refractivity contribution in [1.82, 2.24) is 15.2 Å². The Hall–Kier alpha value is -2.96. The summed E-state index contributed by atoms with van der Waals surface area (Å²) in [6.45, 7) is 7.15. The third kappa shape index (κ3) is 6.27. The van der Waals surface area contributed by atoms with E-state index < -0.39 is 0 Å². The molecule has 2 aromatic carbocycles. The summed E-state index contributed by atoms with van der Waals surface area (Å²) in [7, 11) is 1.59. The number of benzene rings is 2. The molecule has 30 heavy (non-hydrogen) atoms. The second-order valence-corrected chi connectivity index (χ2v) is 7.44. The van der Waals surface area contributed by atoms with Crippen molar-refractivity contribution < 1.29 is 13.9 Å². The van der Waals surface area contributed by atoms with Gasteiger partial charge in [-0.3, -0.25) is 9.69 Å². The first-order valence-corrected chi connectivity index (χ1v) is 10.1. The molecule has 0 fully saturated rings. The van der Waals surface area contributed by atoms with Gasteiger partial charge >= 0.3 is 0 Å². The number of aromatic nitrogens is 1. The molecule has 1 heterocycles. The van der Waals surface area contributed by atoms with Gasteiger partial charge in [0.15, 0.2) is 5.69 Å². The van der Waals surface area contributed by atoms with E-state index in [1.165, 1.54) is 28.5 Å². The van der Waals surface area contributed by atoms with Gasteiger partial charge in [-0.05, 0) is 30.5 Å². The number of amides is 1. The molecule has 6 heteroatoms. The van der Waals surface area contributed by atoms with Gasteiger partial charge < -0.3 is 14.5 Å². The van der Waals surface area contributed by atoms with Crippen LogP contribution >= 0.6 is 0 Å². The Bertz CT molecular complexity index is 953. The minimum atomic E-state index is -0.258. The molecular weight excluding hydrogens is 378 g/mol. The van der Waals surface area contributed by atoms with Gasteiger partial charge in [0.05, 0.1) is 13.2 Å². The summed E-state index contributed by atoms with van der Waals surface area (Å²) in [5.41, 5.74) is 5.28. The molecule has 1 N–H and O–H groups in total. The van der Waals surface area contributed by atoms with Crippen LogP contribution < -0.4 is 5.32 Å². The van der Waals surface area contributed by atoms with E-state index in [9.17, 15) is 4.79 Å². The van der Waals surface area contributed by atoms with Crippen LogP contribution in [0.3, 0.4) is 0 Å². The van der Waals surface area contributed by atoms with E-state index in [0.29, 0.717) is 25.6 Å². The van der Waals surface area contributed by atoms with Crippen molar-refractivity contribution in [3.8, 4) is 0 Å². The Morgan fingerprint density at radius 2 is 1.90 bits per heavy atom. The number of hydrogen-bond donors (Lipinski definition) is 1. The Morgan fingerprint density at radius 1 is 1.10 bits per heavy atom. The fourth-order valence-corrected chi connectivity index (χ4v) is 3.31. The van der Waals surface area contributed by atoms with Gasteiger partial charge in [0.2, 0.25) is 5.89 Å². The maximum absolute atomic E-state index is 12.2. The molecule has 6 nitrogen and oxygen atoms in total. The normalized spacial score (nSPS) is 11.1. The minimum absolute atomic E-state index is 0.258. The van der Waals surface area contributed by atoms with E-state index in [1.54, 1.807) is 7.11 Å². The lowest BCUT2D eigenvalue weighted by atomic mass is 10.0. The summed E-state index contributed by atoms with van der Waals surface area (Å²) in [6.07, 6.45) is 1.41. The Morgan fingerprint density at radius 3 is 2.63 bits per heavy atom. The molecule has 3 rings (SSSR count). The molecule has 0 unspecified atom stereocenters. The predicted octanol–water partition coefficient (Wildman–Crippen LogP) is 3.87. The van der Waals surface area contributed by atoms with E-state index in [0.717, 1.165) is 13.1 Å². The molecule has 0 aliphatic rings. The summed E-state index contributed by atoms with van der Waals surface area (Å²) >= 11 is 0. The number of oxazole rings is 1. The number of methoxy groups -OCH3 is 1. The first kappa shape index (κ1) is 21.7. The summed E-state index contributed by atoms with van der Waals surface area (Å²) < 4.78 is 10.6. The lowest BCUT2D eigenvalue weighted by molar-refractivity contribution is 0.0932. The molecule has 0 saturated heterocycles. The highest BCUT2D eigenvalue weighted by Crippen LogP contribution is 2.17. The summed E-state index contributed by atoms with van der Waals surface area (Å²) in [6, 6.07) is 16.8. The lowest BCUT2D eigenvalue weighted by Gasteiger charge is -2.22. The zero-order chi connectivity index (χ0) is 21.3. The SMILES string of the molecule is COCCNC(=O)c1coc(CN(Cc2ccccc2)Cc2ccc(C)cc2C)n1. The lowest BCUT2D eigenvalue weighted by Crippen LogP contribution is -2.27. The van der Waals surface area contributed by atoms with Crippen LogP contribution in [0.2, 0.25) is 0 Å². The Kier molecular flexibility index (Phi) is 7.76. The van der Waals surface area contributed by atoms with Crippen LogP contribution in [0.1, 0.15) is 38.6 Å². The van der Waals surface area contributed by atoms with Crippen LogP contribution in [0.4, 0.5) is 0 Å². The highest BCUT2D eigenvalue weighted by atomic mass is 16.5. The molecule has 0 aliphatic carbocycles. The molecule has 0 saturated carbocycles. The number of hydrogen-bond acceptors (Lipinski definition) is 5. The molecule has 0 atom stereocenters. The monoisotopic (exact) mass is 407 g/mol. The zero-order valence-corrected chi connectivity index (χ0v) is 17.9. The van der Waals surface area contributed by atoms with Gasteiger partial charge in [-0.15, -0.1) is 0 Å². The van der Waals surface area contributed by atoms with Crippen molar-refractivity contribution in [2.75, 3.05) is 20.3 Å². The summed E-state index contributed by atoms with van der Waals surface area (Å²) in [4.78, 5) is 18.8. The Labute approximate surface area is 177 Å². The number of nitrogens with zero attached hydrogens (tertiary/aromatic N) is 2. The van der Waals surface area contributed by atoms with Crippen LogP contribution in [-0.2, 0) is 24.4 Å². The molecule has 0 aliphatic heterocycles. The van der Waals surface area contributed by atoms with Crippen molar-refractivity contribution in [1.29, 1.82) is 0 Å². The molecule has 1 aromatic heterocycles. The first-order valence-electron chi connectivity index (χ1n) is 10.1. The smallest absolute Gasteiger partial charge is 0.273 e. The summed E-state index contributed by atoms with van der Waals surface area (Å²) in [5.74, 6) is 0.263. The van der Waals surface area contributed by atoms with Crippen LogP contribution in [-0.4, -0.2) is 36.1 Å². The van der Waals surface area contributed by atoms with E-state index in [4.69, 9.17) is 9.15 Å². The number of nitrogens with one attached hydrogen (secondary N) is 1. The van der Waals surface area contributed by atoms with E-state index in [2.05, 4.69) is 59.4 Å². The van der Waals surface area contributed by atoms with Gasteiger partial charge in [0, 0.05) is 26.7 Å². The maximum atomic E-state index is 12.2. The quantitative estimate of drug-likeness (QED) is 0.517. The van der Waals surface area contributed by atoms with Gasteiger partial charge in [-0.2, -0.15) is 0 Å². The first-order chi connectivity index (χ1) is 14.5. The van der Waals surface area contributed by atoms with Crippen LogP contribution in [0.15, 0.2) is 59.2 Å². The zero-order valence-electron chi connectivity index (χ0n) is 17.9. The second kappa shape index (κ2) is 10.7. The van der Waals surface area contributed by atoms with Crippen molar-refractivity contribution in [3.05, 3.63) is 88.6 Å². The second-order valence-electron chi connectivity index (χ2n) is 7.44. The van der Waals surface area contributed by atoms with Gasteiger partial charge in [-0.1, -0.05) is 54.1 Å². The van der Waals surface area contributed by atoms with E-state index in [-0.39, 0.29) is 11.6 Å². The van der Waals surface area contributed by atoms with E-state index >= 15 is 0 Å². The van der Waals surface area contributed by atoms with Crippen molar-refractivity contribution >= 4 is 5.91 Å².